The summed E-state index contributed by atoms with van der Waals surface area (Å²) >= 11 is 0. The molecule has 2 aromatic heterocycles. The van der Waals surface area contributed by atoms with Gasteiger partial charge in [-0.1, -0.05) is 29.4 Å². The monoisotopic (exact) mass is 406 g/mol. The Kier molecular flexibility index (Phi) is 6.09. The number of aryl methyl sites for hydroxylation is 2. The van der Waals surface area contributed by atoms with E-state index < -0.39 is 0 Å². The minimum atomic E-state index is -0.104. The number of aromatic nitrogens is 2. The summed E-state index contributed by atoms with van der Waals surface area (Å²) in [6.07, 6.45) is 1.81. The number of nitrogens with zero attached hydrogens (tertiary/aromatic N) is 4. The first kappa shape index (κ1) is 20.1. The van der Waals surface area contributed by atoms with Crippen molar-refractivity contribution in [1.29, 1.82) is 0 Å². The molecule has 1 saturated heterocycles. The lowest BCUT2D eigenvalue weighted by molar-refractivity contribution is 0.0615. The predicted molar refractivity (Wildman–Crippen MR) is 112 cm³/mol. The first-order chi connectivity index (χ1) is 14.6. The van der Waals surface area contributed by atoms with Gasteiger partial charge < -0.3 is 14.2 Å². The van der Waals surface area contributed by atoms with E-state index in [1.54, 1.807) is 0 Å². The Morgan fingerprint density at radius 1 is 1.07 bits per heavy atom. The summed E-state index contributed by atoms with van der Waals surface area (Å²) in [5.41, 5.74) is 3.14. The molecule has 4 rings (SSSR count). The summed E-state index contributed by atoms with van der Waals surface area (Å²) in [5, 5.41) is 4.04. The number of hydrogen-bond acceptors (Lipinski definition) is 6. The quantitative estimate of drug-likeness (QED) is 0.626. The lowest BCUT2D eigenvalue weighted by Crippen LogP contribution is -2.48. The van der Waals surface area contributed by atoms with Crippen LogP contribution in [-0.4, -0.2) is 52.0 Å². The van der Waals surface area contributed by atoms with E-state index in [4.69, 9.17) is 9.26 Å². The molecule has 0 saturated carbocycles. The number of carbonyl (C=O) groups excluding carboxylic acids is 1. The molecular formula is C23H26N4O3. The van der Waals surface area contributed by atoms with Crippen LogP contribution >= 0.6 is 0 Å². The Balaban J connectivity index is 1.38. The van der Waals surface area contributed by atoms with E-state index in [0.29, 0.717) is 30.1 Å². The van der Waals surface area contributed by atoms with Crippen molar-refractivity contribution in [1.82, 2.24) is 19.9 Å². The Labute approximate surface area is 176 Å². The van der Waals surface area contributed by atoms with Crippen molar-refractivity contribution in [3.63, 3.8) is 0 Å². The van der Waals surface area contributed by atoms with Gasteiger partial charge in [-0.3, -0.25) is 14.7 Å². The molecule has 7 nitrogen and oxygen atoms in total. The average Bonchev–Trinajstić information content (AvgIpc) is 3.14. The van der Waals surface area contributed by atoms with Crippen LogP contribution in [0.5, 0.6) is 5.75 Å². The van der Waals surface area contributed by atoms with E-state index in [9.17, 15) is 4.79 Å². The first-order valence-corrected chi connectivity index (χ1v) is 10.2. The van der Waals surface area contributed by atoms with Crippen LogP contribution in [0.2, 0.25) is 0 Å². The van der Waals surface area contributed by atoms with Crippen molar-refractivity contribution in [3.05, 3.63) is 76.9 Å². The molecule has 0 N–H and O–H groups in total. The third-order valence-corrected chi connectivity index (χ3v) is 5.42. The average molecular weight is 406 g/mol. The Morgan fingerprint density at radius 2 is 1.83 bits per heavy atom. The lowest BCUT2D eigenvalue weighted by Gasteiger charge is -2.34. The van der Waals surface area contributed by atoms with Gasteiger partial charge in [-0.15, -0.1) is 0 Å². The standard InChI is InChI=1S/C23H26N4O3/c1-17-7-3-4-9-21(17)29-16-20-18(2)30-25-22(20)23(28)27-13-11-26(12-14-27)15-19-8-5-6-10-24-19/h3-10H,11-16H2,1-2H3. The van der Waals surface area contributed by atoms with Crippen LogP contribution in [0.25, 0.3) is 0 Å². The molecule has 1 aliphatic rings. The highest BCUT2D eigenvalue weighted by Gasteiger charge is 2.28. The van der Waals surface area contributed by atoms with Crippen LogP contribution in [0.4, 0.5) is 0 Å². The number of ether oxygens (including phenoxy) is 1. The molecule has 156 valence electrons. The van der Waals surface area contributed by atoms with Crippen LogP contribution in [0.15, 0.2) is 53.2 Å². The first-order valence-electron chi connectivity index (χ1n) is 10.2. The molecule has 0 bridgehead atoms. The molecule has 0 atom stereocenters. The van der Waals surface area contributed by atoms with Gasteiger partial charge in [0.25, 0.3) is 5.91 Å². The molecule has 3 heterocycles. The van der Waals surface area contributed by atoms with Crippen molar-refractivity contribution >= 4 is 5.91 Å². The second-order valence-corrected chi connectivity index (χ2v) is 7.51. The maximum absolute atomic E-state index is 13.1. The van der Waals surface area contributed by atoms with Gasteiger partial charge in [-0.25, -0.2) is 0 Å². The molecule has 1 fully saturated rings. The fraction of sp³-hybridized carbons (Fsp3) is 0.348. The molecule has 1 aromatic carbocycles. The molecule has 30 heavy (non-hydrogen) atoms. The molecular weight excluding hydrogens is 380 g/mol. The third kappa shape index (κ3) is 4.52. The second-order valence-electron chi connectivity index (χ2n) is 7.51. The summed E-state index contributed by atoms with van der Waals surface area (Å²) in [7, 11) is 0. The molecule has 0 unspecified atom stereocenters. The number of pyridine rings is 1. The van der Waals surface area contributed by atoms with Gasteiger partial charge in [0.05, 0.1) is 11.3 Å². The van der Waals surface area contributed by atoms with Crippen molar-refractivity contribution in [3.8, 4) is 5.75 Å². The van der Waals surface area contributed by atoms with Crippen LogP contribution in [0.3, 0.4) is 0 Å². The molecule has 3 aromatic rings. The van der Waals surface area contributed by atoms with Gasteiger partial charge in [0.2, 0.25) is 0 Å². The highest BCUT2D eigenvalue weighted by molar-refractivity contribution is 5.93. The van der Waals surface area contributed by atoms with Crippen LogP contribution < -0.4 is 4.74 Å². The highest BCUT2D eigenvalue weighted by Crippen LogP contribution is 2.22. The van der Waals surface area contributed by atoms with Gasteiger partial charge in [-0.05, 0) is 37.6 Å². The predicted octanol–water partition coefficient (Wildman–Crippen LogP) is 3.22. The minimum Gasteiger partial charge on any atom is -0.488 e. The summed E-state index contributed by atoms with van der Waals surface area (Å²) in [4.78, 5) is 21.6. The summed E-state index contributed by atoms with van der Waals surface area (Å²) in [6, 6.07) is 13.7. The van der Waals surface area contributed by atoms with E-state index in [1.807, 2.05) is 67.4 Å². The number of piperazine rings is 1. The van der Waals surface area contributed by atoms with Crippen LogP contribution in [0.1, 0.15) is 33.1 Å². The number of carbonyl (C=O) groups is 1. The Bertz CT molecular complexity index is 995. The topological polar surface area (TPSA) is 71.7 Å². The van der Waals surface area contributed by atoms with E-state index in [2.05, 4.69) is 15.0 Å². The van der Waals surface area contributed by atoms with Gasteiger partial charge in [0.1, 0.15) is 18.1 Å². The Morgan fingerprint density at radius 3 is 2.57 bits per heavy atom. The van der Waals surface area contributed by atoms with Gasteiger partial charge in [0, 0.05) is 38.9 Å². The smallest absolute Gasteiger partial charge is 0.276 e. The molecule has 0 spiro atoms. The molecule has 1 amide bonds. The zero-order chi connectivity index (χ0) is 20.9. The number of amides is 1. The third-order valence-electron chi connectivity index (χ3n) is 5.42. The van der Waals surface area contributed by atoms with Gasteiger partial charge >= 0.3 is 0 Å². The fourth-order valence-electron chi connectivity index (χ4n) is 3.58. The van der Waals surface area contributed by atoms with E-state index in [1.165, 1.54) is 0 Å². The summed E-state index contributed by atoms with van der Waals surface area (Å²) in [5.74, 6) is 1.30. The molecule has 0 radical (unpaired) electrons. The number of benzene rings is 1. The molecule has 0 aliphatic carbocycles. The number of rotatable bonds is 6. The number of hydrogen-bond donors (Lipinski definition) is 0. The van der Waals surface area contributed by atoms with E-state index in [-0.39, 0.29) is 12.5 Å². The van der Waals surface area contributed by atoms with E-state index in [0.717, 1.165) is 36.6 Å². The SMILES string of the molecule is Cc1ccccc1OCc1c(C(=O)N2CCN(Cc3ccccn3)CC2)noc1C. The lowest BCUT2D eigenvalue weighted by atomic mass is 10.1. The molecule has 1 aliphatic heterocycles. The van der Waals surface area contributed by atoms with Crippen molar-refractivity contribution < 1.29 is 14.1 Å². The highest BCUT2D eigenvalue weighted by atomic mass is 16.5. The van der Waals surface area contributed by atoms with Gasteiger partial charge in [-0.2, -0.15) is 0 Å². The second kappa shape index (κ2) is 9.09. The maximum atomic E-state index is 13.1. The molecule has 7 heteroatoms. The zero-order valence-corrected chi connectivity index (χ0v) is 17.4. The van der Waals surface area contributed by atoms with Crippen LogP contribution in [0, 0.1) is 13.8 Å². The summed E-state index contributed by atoms with van der Waals surface area (Å²) in [6.45, 7) is 7.74. The van der Waals surface area contributed by atoms with Crippen molar-refractivity contribution in [2.24, 2.45) is 0 Å². The number of para-hydroxylation sites is 1. The van der Waals surface area contributed by atoms with Crippen molar-refractivity contribution in [2.45, 2.75) is 27.0 Å². The van der Waals surface area contributed by atoms with Crippen molar-refractivity contribution in [2.75, 3.05) is 26.2 Å². The minimum absolute atomic E-state index is 0.104. The Hall–Kier alpha value is -3.19. The fourth-order valence-corrected chi connectivity index (χ4v) is 3.58. The normalized spacial score (nSPS) is 14.7. The van der Waals surface area contributed by atoms with E-state index >= 15 is 0 Å². The largest absolute Gasteiger partial charge is 0.488 e. The van der Waals surface area contributed by atoms with Crippen LogP contribution in [-0.2, 0) is 13.2 Å². The van der Waals surface area contributed by atoms with Gasteiger partial charge in [0.15, 0.2) is 5.69 Å². The summed E-state index contributed by atoms with van der Waals surface area (Å²) < 4.78 is 11.3. The maximum Gasteiger partial charge on any atom is 0.276 e. The zero-order valence-electron chi connectivity index (χ0n) is 17.4.